The first-order valence-corrected chi connectivity index (χ1v) is 6.57. The molecule has 1 aromatic carbocycles. The fourth-order valence-electron chi connectivity index (χ4n) is 2.37. The van der Waals surface area contributed by atoms with Gasteiger partial charge in [0.05, 0.1) is 12.7 Å². The second-order valence-electron chi connectivity index (χ2n) is 5.29. The van der Waals surface area contributed by atoms with E-state index in [4.69, 9.17) is 9.47 Å². The molecule has 2 unspecified atom stereocenters. The Morgan fingerprint density at radius 1 is 1.44 bits per heavy atom. The summed E-state index contributed by atoms with van der Waals surface area (Å²) in [5.74, 6) is 0. The first-order chi connectivity index (χ1) is 8.64. The van der Waals surface area contributed by atoms with Crippen molar-refractivity contribution in [3.05, 3.63) is 35.4 Å². The largest absolute Gasteiger partial charge is 0.380 e. The summed E-state index contributed by atoms with van der Waals surface area (Å²) in [5.41, 5.74) is 2.61. The van der Waals surface area contributed by atoms with Crippen LogP contribution in [0.1, 0.15) is 31.4 Å². The van der Waals surface area contributed by atoms with E-state index in [0.29, 0.717) is 6.61 Å². The van der Waals surface area contributed by atoms with Crippen LogP contribution in [-0.4, -0.2) is 25.4 Å². The van der Waals surface area contributed by atoms with Gasteiger partial charge in [-0.2, -0.15) is 0 Å². The number of hydrogen-bond donors (Lipinski definition) is 1. The van der Waals surface area contributed by atoms with Gasteiger partial charge in [0.2, 0.25) is 0 Å². The van der Waals surface area contributed by atoms with Gasteiger partial charge in [-0.1, -0.05) is 24.3 Å². The average Bonchev–Trinajstić information content (AvgIpc) is 2.69. The highest BCUT2D eigenvalue weighted by atomic mass is 16.5. The maximum Gasteiger partial charge on any atom is 0.0726 e. The van der Waals surface area contributed by atoms with E-state index in [0.717, 1.165) is 19.6 Å². The molecule has 0 saturated carbocycles. The Kier molecular flexibility index (Phi) is 4.38. The highest BCUT2D eigenvalue weighted by Crippen LogP contribution is 2.25. The van der Waals surface area contributed by atoms with Crippen molar-refractivity contribution in [1.82, 2.24) is 5.32 Å². The van der Waals surface area contributed by atoms with Crippen LogP contribution in [-0.2, 0) is 22.6 Å². The highest BCUT2D eigenvalue weighted by Gasteiger charge is 2.36. The molecule has 1 fully saturated rings. The third-order valence-corrected chi connectivity index (χ3v) is 3.89. The predicted molar refractivity (Wildman–Crippen MR) is 72.4 cm³/mol. The molecular weight excluding hydrogens is 226 g/mol. The number of nitrogens with one attached hydrogen (secondary N) is 1. The van der Waals surface area contributed by atoms with Crippen molar-refractivity contribution in [2.75, 3.05) is 13.7 Å². The highest BCUT2D eigenvalue weighted by molar-refractivity contribution is 5.23. The van der Waals surface area contributed by atoms with Crippen molar-refractivity contribution >= 4 is 0 Å². The first kappa shape index (κ1) is 13.5. The third kappa shape index (κ3) is 3.10. The van der Waals surface area contributed by atoms with E-state index in [2.05, 4.69) is 43.4 Å². The molecule has 3 heteroatoms. The van der Waals surface area contributed by atoms with E-state index in [1.165, 1.54) is 11.1 Å². The van der Waals surface area contributed by atoms with Gasteiger partial charge in [-0.05, 0) is 31.4 Å². The van der Waals surface area contributed by atoms with Crippen molar-refractivity contribution in [1.29, 1.82) is 0 Å². The fourth-order valence-corrected chi connectivity index (χ4v) is 2.37. The number of benzene rings is 1. The van der Waals surface area contributed by atoms with Crippen molar-refractivity contribution in [3.8, 4) is 0 Å². The molecule has 1 aliphatic rings. The van der Waals surface area contributed by atoms with E-state index >= 15 is 0 Å². The Morgan fingerprint density at radius 2 is 2.22 bits per heavy atom. The molecule has 0 radical (unpaired) electrons. The van der Waals surface area contributed by atoms with Crippen LogP contribution in [0.3, 0.4) is 0 Å². The summed E-state index contributed by atoms with van der Waals surface area (Å²) in [5, 5.41) is 3.63. The summed E-state index contributed by atoms with van der Waals surface area (Å²) in [6.07, 6.45) is 1.35. The van der Waals surface area contributed by atoms with Gasteiger partial charge in [-0.3, -0.25) is 0 Å². The summed E-state index contributed by atoms with van der Waals surface area (Å²) in [4.78, 5) is 0. The molecule has 1 aliphatic heterocycles. The zero-order valence-corrected chi connectivity index (χ0v) is 11.5. The monoisotopic (exact) mass is 249 g/mol. The molecule has 18 heavy (non-hydrogen) atoms. The predicted octanol–water partition coefficient (Wildman–Crippen LogP) is 2.49. The SMILES string of the molecule is COCc1cccc(CNC2(C)CCOC2C)c1. The topological polar surface area (TPSA) is 30.5 Å². The number of hydrogen-bond acceptors (Lipinski definition) is 3. The lowest BCUT2D eigenvalue weighted by Crippen LogP contribution is -2.47. The molecule has 1 aromatic rings. The summed E-state index contributed by atoms with van der Waals surface area (Å²) in [7, 11) is 1.73. The lowest BCUT2D eigenvalue weighted by atomic mass is 9.94. The Hall–Kier alpha value is -0.900. The molecular formula is C15H23NO2. The van der Waals surface area contributed by atoms with Gasteiger partial charge < -0.3 is 14.8 Å². The molecule has 1 N–H and O–H groups in total. The lowest BCUT2D eigenvalue weighted by molar-refractivity contribution is 0.0881. The molecule has 0 aromatic heterocycles. The minimum atomic E-state index is 0.0945. The molecule has 0 amide bonds. The summed E-state index contributed by atoms with van der Waals surface area (Å²) >= 11 is 0. The summed E-state index contributed by atoms with van der Waals surface area (Å²) < 4.78 is 10.8. The smallest absolute Gasteiger partial charge is 0.0726 e. The molecule has 0 bridgehead atoms. The Balaban J connectivity index is 1.95. The third-order valence-electron chi connectivity index (χ3n) is 3.89. The fraction of sp³-hybridized carbons (Fsp3) is 0.600. The first-order valence-electron chi connectivity index (χ1n) is 6.57. The van der Waals surface area contributed by atoms with Crippen molar-refractivity contribution in [3.63, 3.8) is 0 Å². The van der Waals surface area contributed by atoms with Gasteiger partial charge >= 0.3 is 0 Å². The van der Waals surface area contributed by atoms with Gasteiger partial charge in [-0.25, -0.2) is 0 Å². The standard InChI is InChI=1S/C15H23NO2/c1-12-15(2,7-8-18-12)16-10-13-5-4-6-14(9-13)11-17-3/h4-6,9,12,16H,7-8,10-11H2,1-3H3. The minimum Gasteiger partial charge on any atom is -0.380 e. The molecule has 2 rings (SSSR count). The molecule has 0 spiro atoms. The van der Waals surface area contributed by atoms with Gasteiger partial charge in [0.25, 0.3) is 0 Å². The second kappa shape index (κ2) is 5.83. The maximum atomic E-state index is 5.64. The van der Waals surface area contributed by atoms with E-state index in [-0.39, 0.29) is 11.6 Å². The van der Waals surface area contributed by atoms with Gasteiger partial charge in [0.15, 0.2) is 0 Å². The molecule has 0 aliphatic carbocycles. The Labute approximate surface area is 109 Å². The molecule has 2 atom stereocenters. The van der Waals surface area contributed by atoms with Crippen molar-refractivity contribution in [2.45, 2.75) is 45.1 Å². The molecule has 1 saturated heterocycles. The van der Waals surface area contributed by atoms with Crippen LogP contribution in [0, 0.1) is 0 Å². The molecule has 100 valence electrons. The van der Waals surface area contributed by atoms with Crippen LogP contribution in [0.5, 0.6) is 0 Å². The quantitative estimate of drug-likeness (QED) is 0.869. The molecule has 1 heterocycles. The van der Waals surface area contributed by atoms with Crippen LogP contribution in [0.2, 0.25) is 0 Å². The maximum absolute atomic E-state index is 5.64. The zero-order valence-electron chi connectivity index (χ0n) is 11.5. The zero-order chi connectivity index (χ0) is 13.0. The van der Waals surface area contributed by atoms with Crippen LogP contribution in [0.15, 0.2) is 24.3 Å². The van der Waals surface area contributed by atoms with Gasteiger partial charge in [-0.15, -0.1) is 0 Å². The van der Waals surface area contributed by atoms with Crippen LogP contribution in [0.25, 0.3) is 0 Å². The van der Waals surface area contributed by atoms with Crippen molar-refractivity contribution < 1.29 is 9.47 Å². The van der Waals surface area contributed by atoms with Crippen LogP contribution in [0.4, 0.5) is 0 Å². The number of rotatable bonds is 5. The summed E-state index contributed by atoms with van der Waals surface area (Å²) in [6, 6.07) is 8.52. The van der Waals surface area contributed by atoms with Gasteiger partial charge in [0, 0.05) is 25.8 Å². The number of ether oxygens (including phenoxy) is 2. The second-order valence-corrected chi connectivity index (χ2v) is 5.29. The van der Waals surface area contributed by atoms with E-state index in [9.17, 15) is 0 Å². The Morgan fingerprint density at radius 3 is 2.89 bits per heavy atom. The van der Waals surface area contributed by atoms with Crippen LogP contribution < -0.4 is 5.32 Å². The van der Waals surface area contributed by atoms with E-state index in [1.54, 1.807) is 7.11 Å². The summed E-state index contributed by atoms with van der Waals surface area (Å²) in [6.45, 7) is 6.78. The van der Waals surface area contributed by atoms with E-state index < -0.39 is 0 Å². The van der Waals surface area contributed by atoms with E-state index in [1.807, 2.05) is 0 Å². The lowest BCUT2D eigenvalue weighted by Gasteiger charge is -2.29. The van der Waals surface area contributed by atoms with Gasteiger partial charge in [0.1, 0.15) is 0 Å². The minimum absolute atomic E-state index is 0.0945. The molecule has 3 nitrogen and oxygen atoms in total. The van der Waals surface area contributed by atoms with Crippen molar-refractivity contribution in [2.24, 2.45) is 0 Å². The normalized spacial score (nSPS) is 27.6. The Bertz CT molecular complexity index is 394. The number of methoxy groups -OCH3 is 1. The van der Waals surface area contributed by atoms with Crippen LogP contribution >= 0.6 is 0 Å². The average molecular weight is 249 g/mol.